The van der Waals surface area contributed by atoms with Crippen molar-refractivity contribution in [1.82, 2.24) is 0 Å². The van der Waals surface area contributed by atoms with Crippen LogP contribution in [0.3, 0.4) is 0 Å². The van der Waals surface area contributed by atoms with E-state index in [9.17, 15) is 0 Å². The Balaban J connectivity index is 0. The van der Waals surface area contributed by atoms with Crippen LogP contribution in [-0.2, 0) is 0 Å². The second kappa shape index (κ2) is 17.4. The Labute approximate surface area is 139 Å². The van der Waals surface area contributed by atoms with E-state index in [0.29, 0.717) is 5.92 Å². The van der Waals surface area contributed by atoms with E-state index in [1.807, 2.05) is 42.5 Å². The van der Waals surface area contributed by atoms with Gasteiger partial charge in [-0.2, -0.15) is 5.26 Å². The summed E-state index contributed by atoms with van der Waals surface area (Å²) in [6, 6.07) is 22.2. The summed E-state index contributed by atoms with van der Waals surface area (Å²) in [5.74, 6) is 0.659. The summed E-state index contributed by atoms with van der Waals surface area (Å²) in [6.07, 6.45) is 3.01. The van der Waals surface area contributed by atoms with Gasteiger partial charge in [-0.15, -0.1) is 0 Å². The molecule has 2 aromatic carbocycles. The molecule has 2 N–H and O–H groups in total. The summed E-state index contributed by atoms with van der Waals surface area (Å²) >= 11 is 0. The lowest BCUT2D eigenvalue weighted by atomic mass is 10.0. The maximum atomic E-state index is 7.51. The Morgan fingerprint density at radius 2 is 1.30 bits per heavy atom. The molecule has 23 heavy (non-hydrogen) atoms. The van der Waals surface area contributed by atoms with Crippen molar-refractivity contribution in [2.45, 2.75) is 19.8 Å². The fourth-order valence-electron chi connectivity index (χ4n) is 1.43. The van der Waals surface area contributed by atoms with Crippen LogP contribution in [0.5, 0.6) is 0 Å². The monoisotopic (exact) mass is 311 g/mol. The van der Waals surface area contributed by atoms with Gasteiger partial charge in [0.15, 0.2) is 0 Å². The van der Waals surface area contributed by atoms with E-state index in [1.54, 1.807) is 6.07 Å². The fraction of sp³-hybridized carbons (Fsp3) is 0.150. The largest absolute Gasteiger partial charge is 0.255 e. The second-order valence-electron chi connectivity index (χ2n) is 4.51. The molecule has 122 valence electrons. The first-order valence-electron chi connectivity index (χ1n) is 7.08. The predicted octanol–water partition coefficient (Wildman–Crippen LogP) is 5.85. The van der Waals surface area contributed by atoms with Gasteiger partial charge in [-0.25, -0.2) is 0 Å². The average Bonchev–Trinajstić information content (AvgIpc) is 2.65. The average molecular weight is 311 g/mol. The van der Waals surface area contributed by atoms with Crippen LogP contribution in [0.1, 0.15) is 30.9 Å². The molecule has 2 rings (SSSR count). The van der Waals surface area contributed by atoms with Crippen LogP contribution >= 0.6 is 0 Å². The molecule has 2 aromatic rings. The molecule has 0 unspecified atom stereocenters. The lowest BCUT2D eigenvalue weighted by Crippen LogP contribution is -1.83. The first kappa shape index (κ1) is 22.6. The molecule has 0 heterocycles. The SMILES string of the molecule is C=CC#N.C=Cc1ccccc1.CC(C)c1ccccc1.OO. The molecular formula is C20H25NO2. The van der Waals surface area contributed by atoms with E-state index < -0.39 is 0 Å². The molecule has 3 heteroatoms. The lowest BCUT2D eigenvalue weighted by Gasteiger charge is -2.01. The topological polar surface area (TPSA) is 64.2 Å². The summed E-state index contributed by atoms with van der Waals surface area (Å²) in [6.45, 7) is 11.2. The highest BCUT2D eigenvalue weighted by molar-refractivity contribution is 5.45. The minimum absolute atomic E-state index is 0.659. The Bertz CT molecular complexity index is 543. The van der Waals surface area contributed by atoms with Crippen LogP contribution in [0, 0.1) is 11.3 Å². The summed E-state index contributed by atoms with van der Waals surface area (Å²) in [7, 11) is 0. The molecule has 0 spiro atoms. The summed E-state index contributed by atoms with van der Waals surface area (Å²) in [5, 5.41) is 19.5. The van der Waals surface area contributed by atoms with E-state index in [0.717, 1.165) is 0 Å². The van der Waals surface area contributed by atoms with Crippen molar-refractivity contribution < 1.29 is 10.5 Å². The van der Waals surface area contributed by atoms with E-state index >= 15 is 0 Å². The molecule has 0 amide bonds. The van der Waals surface area contributed by atoms with E-state index in [-0.39, 0.29) is 0 Å². The van der Waals surface area contributed by atoms with Gasteiger partial charge in [-0.1, -0.05) is 93.7 Å². The smallest absolute Gasteiger partial charge is 0.0905 e. The van der Waals surface area contributed by atoms with Gasteiger partial charge in [0.2, 0.25) is 0 Å². The van der Waals surface area contributed by atoms with Gasteiger partial charge in [0.05, 0.1) is 6.07 Å². The zero-order valence-electron chi connectivity index (χ0n) is 13.8. The molecule has 0 saturated heterocycles. The van der Waals surface area contributed by atoms with Crippen LogP contribution < -0.4 is 0 Å². The number of allylic oxidation sites excluding steroid dienone is 1. The zero-order chi connectivity index (χ0) is 17.9. The van der Waals surface area contributed by atoms with E-state index in [2.05, 4.69) is 51.3 Å². The minimum Gasteiger partial charge on any atom is -0.255 e. The van der Waals surface area contributed by atoms with Gasteiger partial charge in [-0.3, -0.25) is 10.5 Å². The predicted molar refractivity (Wildman–Crippen MR) is 98.1 cm³/mol. The van der Waals surface area contributed by atoms with Gasteiger partial charge < -0.3 is 0 Å². The minimum atomic E-state index is 0.659. The highest BCUT2D eigenvalue weighted by atomic mass is 17.0. The van der Waals surface area contributed by atoms with Crippen LogP contribution in [0.4, 0.5) is 0 Å². The van der Waals surface area contributed by atoms with Crippen molar-refractivity contribution in [1.29, 1.82) is 5.26 Å². The first-order chi connectivity index (χ1) is 11.2. The quantitative estimate of drug-likeness (QED) is 0.415. The van der Waals surface area contributed by atoms with Crippen molar-refractivity contribution in [3.63, 3.8) is 0 Å². The third kappa shape index (κ3) is 14.0. The maximum Gasteiger partial charge on any atom is 0.0905 e. The normalized spacial score (nSPS) is 7.83. The standard InChI is InChI=1S/C9H12.C8H8.C3H3N.H2O2/c1-8(2)9-6-4-3-5-7-9;1-2-8-6-4-3-5-7-8;1-2-3-4;1-2/h3-8H,1-2H3;2-7H,1H2;2H,1H2;1-2H. The molecule has 0 aliphatic carbocycles. The Kier molecular flexibility index (Phi) is 17.1. The second-order valence-corrected chi connectivity index (χ2v) is 4.51. The van der Waals surface area contributed by atoms with Crippen molar-refractivity contribution >= 4 is 6.08 Å². The van der Waals surface area contributed by atoms with E-state index in [4.69, 9.17) is 15.8 Å². The number of nitriles is 1. The molecule has 0 radical (unpaired) electrons. The molecule has 0 fully saturated rings. The number of nitrogens with zero attached hydrogens (tertiary/aromatic N) is 1. The number of hydrogen-bond donors (Lipinski definition) is 2. The molecule has 3 nitrogen and oxygen atoms in total. The molecule has 0 atom stereocenters. The molecular weight excluding hydrogens is 286 g/mol. The van der Waals surface area contributed by atoms with Crippen molar-refractivity contribution in [2.75, 3.05) is 0 Å². The first-order valence-corrected chi connectivity index (χ1v) is 7.08. The summed E-state index contributed by atoms with van der Waals surface area (Å²) in [4.78, 5) is 0. The highest BCUT2D eigenvalue weighted by Gasteiger charge is 1.93. The van der Waals surface area contributed by atoms with Crippen molar-refractivity contribution in [3.05, 3.63) is 91.0 Å². The highest BCUT2D eigenvalue weighted by Crippen LogP contribution is 2.11. The van der Waals surface area contributed by atoms with Gasteiger partial charge in [0.25, 0.3) is 0 Å². The van der Waals surface area contributed by atoms with Crippen molar-refractivity contribution in [3.8, 4) is 6.07 Å². The molecule has 0 aromatic heterocycles. The third-order valence-corrected chi connectivity index (χ3v) is 2.59. The lowest BCUT2D eigenvalue weighted by molar-refractivity contribution is -0.176. The van der Waals surface area contributed by atoms with Crippen LogP contribution in [-0.4, -0.2) is 10.5 Å². The van der Waals surface area contributed by atoms with Gasteiger partial charge in [-0.05, 0) is 17.0 Å². The Hall–Kier alpha value is -2.67. The van der Waals surface area contributed by atoms with Crippen LogP contribution in [0.15, 0.2) is 79.9 Å². The van der Waals surface area contributed by atoms with Crippen LogP contribution in [0.2, 0.25) is 0 Å². The number of hydrogen-bond acceptors (Lipinski definition) is 3. The molecule has 0 aliphatic heterocycles. The third-order valence-electron chi connectivity index (χ3n) is 2.59. The van der Waals surface area contributed by atoms with Crippen LogP contribution in [0.25, 0.3) is 6.08 Å². The number of rotatable bonds is 2. The Morgan fingerprint density at radius 1 is 0.913 bits per heavy atom. The summed E-state index contributed by atoms with van der Waals surface area (Å²) < 4.78 is 0. The fourth-order valence-corrected chi connectivity index (χ4v) is 1.43. The van der Waals surface area contributed by atoms with Gasteiger partial charge in [0, 0.05) is 6.08 Å². The van der Waals surface area contributed by atoms with E-state index in [1.165, 1.54) is 17.2 Å². The van der Waals surface area contributed by atoms with Gasteiger partial charge in [0.1, 0.15) is 0 Å². The summed E-state index contributed by atoms with van der Waals surface area (Å²) in [5.41, 5.74) is 2.59. The maximum absolute atomic E-state index is 7.51. The number of benzene rings is 2. The zero-order valence-corrected chi connectivity index (χ0v) is 13.8. The molecule has 0 aliphatic rings. The van der Waals surface area contributed by atoms with Crippen molar-refractivity contribution in [2.24, 2.45) is 0 Å². The Morgan fingerprint density at radius 3 is 1.52 bits per heavy atom. The molecule has 0 saturated carbocycles. The van der Waals surface area contributed by atoms with Gasteiger partial charge >= 0.3 is 0 Å². The molecule has 0 bridgehead atoms.